The molecule has 0 N–H and O–H groups in total. The van der Waals surface area contributed by atoms with Crippen LogP contribution >= 0.6 is 0 Å². The molecule has 0 aliphatic rings. The lowest BCUT2D eigenvalue weighted by atomic mass is 10.1. The van der Waals surface area contributed by atoms with Crippen molar-refractivity contribution in [1.82, 2.24) is 10.2 Å². The van der Waals surface area contributed by atoms with Crippen molar-refractivity contribution in [2.45, 2.75) is 19.8 Å². The van der Waals surface area contributed by atoms with Gasteiger partial charge < -0.3 is 9.57 Å². The van der Waals surface area contributed by atoms with Gasteiger partial charge in [-0.3, -0.25) is 4.79 Å². The first kappa shape index (κ1) is 16.6. The largest absolute Gasteiger partial charge is 0.466 e. The van der Waals surface area contributed by atoms with Crippen LogP contribution in [0, 0.1) is 0 Å². The number of ether oxygens (including phenoxy) is 1. The topological polar surface area (TPSA) is 73.7 Å². The number of carbonyl (C=O) groups is 1. The maximum atomic E-state index is 11.3. The van der Waals surface area contributed by atoms with E-state index in [0.717, 1.165) is 11.1 Å². The Balaban J connectivity index is 1.99. The Morgan fingerprint density at radius 2 is 1.96 bits per heavy atom. The van der Waals surface area contributed by atoms with Crippen molar-refractivity contribution in [3.05, 3.63) is 59.9 Å². The van der Waals surface area contributed by atoms with Crippen molar-refractivity contribution >= 4 is 11.7 Å². The Bertz CT molecular complexity index is 589. The number of nitrogens with zero attached hydrogens (tertiary/aromatic N) is 3. The number of oxime groups is 1. The fourth-order valence-electron chi connectivity index (χ4n) is 1.92. The summed E-state index contributed by atoms with van der Waals surface area (Å²) >= 11 is 0. The van der Waals surface area contributed by atoms with E-state index in [0.29, 0.717) is 31.8 Å². The Morgan fingerprint density at radius 3 is 2.65 bits per heavy atom. The molecule has 0 aliphatic heterocycles. The minimum Gasteiger partial charge on any atom is -0.466 e. The third-order valence-corrected chi connectivity index (χ3v) is 2.98. The second kappa shape index (κ2) is 9.30. The Kier molecular flexibility index (Phi) is 6.71. The van der Waals surface area contributed by atoms with Crippen LogP contribution in [-0.2, 0) is 14.4 Å². The molecule has 0 amide bonds. The smallest absolute Gasteiger partial charge is 0.305 e. The molecular formula is C17H19N3O3. The third-order valence-electron chi connectivity index (χ3n) is 2.98. The van der Waals surface area contributed by atoms with Crippen molar-refractivity contribution < 1.29 is 14.4 Å². The molecule has 6 nitrogen and oxygen atoms in total. The number of esters is 1. The summed E-state index contributed by atoms with van der Waals surface area (Å²) in [6.07, 6.45) is 4.11. The fourth-order valence-corrected chi connectivity index (χ4v) is 1.92. The highest BCUT2D eigenvalue weighted by Crippen LogP contribution is 2.10. The molecule has 0 atom stereocenters. The molecule has 23 heavy (non-hydrogen) atoms. The van der Waals surface area contributed by atoms with Gasteiger partial charge in [0.25, 0.3) is 0 Å². The number of hydrogen-bond donors (Lipinski definition) is 0. The maximum Gasteiger partial charge on any atom is 0.305 e. The highest BCUT2D eigenvalue weighted by Gasteiger charge is 2.08. The van der Waals surface area contributed by atoms with E-state index < -0.39 is 0 Å². The van der Waals surface area contributed by atoms with Crippen LogP contribution in [0.5, 0.6) is 0 Å². The molecular weight excluding hydrogens is 294 g/mol. The molecule has 1 heterocycles. The highest BCUT2D eigenvalue weighted by molar-refractivity contribution is 6.12. The van der Waals surface area contributed by atoms with E-state index in [1.165, 1.54) is 0 Å². The summed E-state index contributed by atoms with van der Waals surface area (Å²) in [6.45, 7) is 2.52. The van der Waals surface area contributed by atoms with Gasteiger partial charge in [-0.05, 0) is 19.4 Å². The van der Waals surface area contributed by atoms with E-state index in [4.69, 9.17) is 9.57 Å². The maximum absolute atomic E-state index is 11.3. The number of hydrogen-bond acceptors (Lipinski definition) is 6. The lowest BCUT2D eigenvalue weighted by Gasteiger charge is -2.07. The molecule has 0 radical (unpaired) electrons. The molecule has 0 fully saturated rings. The number of carbonyl (C=O) groups excluding carboxylic acids is 1. The Labute approximate surface area is 135 Å². The first-order valence-corrected chi connectivity index (χ1v) is 7.49. The van der Waals surface area contributed by atoms with Crippen LogP contribution in [-0.4, -0.2) is 35.1 Å². The summed E-state index contributed by atoms with van der Waals surface area (Å²) in [4.78, 5) is 16.6. The van der Waals surface area contributed by atoms with Crippen LogP contribution in [0.25, 0.3) is 0 Å². The molecule has 0 spiro atoms. The molecule has 0 unspecified atom stereocenters. The van der Waals surface area contributed by atoms with Gasteiger partial charge in [-0.15, -0.1) is 0 Å². The van der Waals surface area contributed by atoms with Gasteiger partial charge in [0.1, 0.15) is 12.3 Å². The molecule has 6 heteroatoms. The summed E-state index contributed by atoms with van der Waals surface area (Å²) in [5, 5.41) is 11.8. The molecule has 120 valence electrons. The zero-order valence-corrected chi connectivity index (χ0v) is 13.0. The Hall–Kier alpha value is -2.76. The van der Waals surface area contributed by atoms with Crippen LogP contribution in [0.3, 0.4) is 0 Å². The predicted molar refractivity (Wildman–Crippen MR) is 85.9 cm³/mol. The van der Waals surface area contributed by atoms with E-state index in [1.807, 2.05) is 36.4 Å². The van der Waals surface area contributed by atoms with Gasteiger partial charge in [-0.25, -0.2) is 0 Å². The fraction of sp³-hybridized carbons (Fsp3) is 0.294. The van der Waals surface area contributed by atoms with Gasteiger partial charge >= 0.3 is 5.97 Å². The quantitative estimate of drug-likeness (QED) is 0.324. The van der Waals surface area contributed by atoms with Gasteiger partial charge in [0, 0.05) is 17.5 Å². The summed E-state index contributed by atoms with van der Waals surface area (Å²) in [7, 11) is 0. The molecule has 2 aromatic rings. The van der Waals surface area contributed by atoms with Crippen molar-refractivity contribution in [3.8, 4) is 0 Å². The lowest BCUT2D eigenvalue weighted by Crippen LogP contribution is -2.07. The molecule has 0 saturated carbocycles. The SMILES string of the molecule is CCOC(=O)CCCO/N=C(/c1ccccc1)c1ccnnc1. The lowest BCUT2D eigenvalue weighted by molar-refractivity contribution is -0.143. The number of rotatable bonds is 8. The molecule has 2 rings (SSSR count). The summed E-state index contributed by atoms with van der Waals surface area (Å²) in [5.74, 6) is -0.221. The van der Waals surface area contributed by atoms with Crippen LogP contribution in [0.2, 0.25) is 0 Å². The summed E-state index contributed by atoms with van der Waals surface area (Å²) < 4.78 is 4.86. The molecule has 0 aliphatic carbocycles. The second-order valence-electron chi connectivity index (χ2n) is 4.68. The van der Waals surface area contributed by atoms with Crippen molar-refractivity contribution in [2.24, 2.45) is 5.16 Å². The highest BCUT2D eigenvalue weighted by atomic mass is 16.6. The van der Waals surface area contributed by atoms with Crippen molar-refractivity contribution in [2.75, 3.05) is 13.2 Å². The van der Waals surface area contributed by atoms with Crippen LogP contribution < -0.4 is 0 Å². The van der Waals surface area contributed by atoms with Gasteiger partial charge in [-0.2, -0.15) is 10.2 Å². The van der Waals surface area contributed by atoms with E-state index in [1.54, 1.807) is 19.3 Å². The first-order chi connectivity index (χ1) is 11.3. The van der Waals surface area contributed by atoms with Crippen molar-refractivity contribution in [3.63, 3.8) is 0 Å². The van der Waals surface area contributed by atoms with Crippen LogP contribution in [0.1, 0.15) is 30.9 Å². The minimum atomic E-state index is -0.221. The predicted octanol–water partition coefficient (Wildman–Crippen LogP) is 2.59. The average Bonchev–Trinajstić information content (AvgIpc) is 2.60. The normalized spacial score (nSPS) is 11.1. The van der Waals surface area contributed by atoms with Crippen LogP contribution in [0.15, 0.2) is 53.9 Å². The van der Waals surface area contributed by atoms with E-state index in [-0.39, 0.29) is 5.97 Å². The Morgan fingerprint density at radius 1 is 1.13 bits per heavy atom. The summed E-state index contributed by atoms with van der Waals surface area (Å²) in [5.41, 5.74) is 2.42. The van der Waals surface area contributed by atoms with Crippen LogP contribution in [0.4, 0.5) is 0 Å². The average molecular weight is 313 g/mol. The zero-order chi connectivity index (χ0) is 16.3. The van der Waals surface area contributed by atoms with E-state index in [9.17, 15) is 4.79 Å². The molecule has 1 aromatic heterocycles. The number of benzene rings is 1. The molecule has 0 bridgehead atoms. The van der Waals surface area contributed by atoms with Gasteiger partial charge in [-0.1, -0.05) is 35.5 Å². The van der Waals surface area contributed by atoms with Gasteiger partial charge in [0.05, 0.1) is 19.0 Å². The van der Waals surface area contributed by atoms with Crippen molar-refractivity contribution in [1.29, 1.82) is 0 Å². The monoisotopic (exact) mass is 313 g/mol. The van der Waals surface area contributed by atoms with Gasteiger partial charge in [0.2, 0.25) is 0 Å². The number of aromatic nitrogens is 2. The molecule has 1 aromatic carbocycles. The first-order valence-electron chi connectivity index (χ1n) is 7.49. The minimum absolute atomic E-state index is 0.221. The van der Waals surface area contributed by atoms with Gasteiger partial charge in [0.15, 0.2) is 0 Å². The zero-order valence-electron chi connectivity index (χ0n) is 13.0. The third kappa shape index (κ3) is 5.50. The molecule has 0 saturated heterocycles. The van der Waals surface area contributed by atoms with E-state index in [2.05, 4.69) is 15.4 Å². The standard InChI is InChI=1S/C17H19N3O3/c1-2-22-16(21)9-6-12-23-20-17(14-7-4-3-5-8-14)15-10-11-18-19-13-15/h3-5,7-8,10-11,13H,2,6,9,12H2,1H3/b20-17-. The second-order valence-corrected chi connectivity index (χ2v) is 4.68. The van der Waals surface area contributed by atoms with E-state index >= 15 is 0 Å². The summed E-state index contributed by atoms with van der Waals surface area (Å²) in [6, 6.07) is 11.5.